The normalized spacial score (nSPS) is 33.6. The number of thioether (sulfide) groups is 2. The Labute approximate surface area is 107 Å². The van der Waals surface area contributed by atoms with Crippen LogP contribution in [-0.4, -0.2) is 16.8 Å². The van der Waals surface area contributed by atoms with Crippen molar-refractivity contribution in [2.24, 2.45) is 5.41 Å². The van der Waals surface area contributed by atoms with E-state index in [9.17, 15) is 0 Å². The maximum Gasteiger partial charge on any atom is 0.0159 e. The summed E-state index contributed by atoms with van der Waals surface area (Å²) in [5, 5.41) is 0.880. The van der Waals surface area contributed by atoms with Gasteiger partial charge in [0.2, 0.25) is 0 Å². The first-order valence-electron chi connectivity index (χ1n) is 6.19. The largest absolute Gasteiger partial charge is 0.161 e. The van der Waals surface area contributed by atoms with E-state index in [1.165, 1.54) is 42.1 Å². The Bertz CT molecular complexity index is 336. The topological polar surface area (TPSA) is 0 Å². The maximum atomic E-state index is 2.26. The summed E-state index contributed by atoms with van der Waals surface area (Å²) >= 11 is 4.31. The Kier molecular flexibility index (Phi) is 3.21. The third kappa shape index (κ3) is 2.02. The van der Waals surface area contributed by atoms with Crippen LogP contribution in [0.2, 0.25) is 0 Å². The molecule has 1 aromatic rings. The van der Waals surface area contributed by atoms with Crippen LogP contribution in [0.15, 0.2) is 35.2 Å². The molecule has 1 aliphatic heterocycles. The Morgan fingerprint density at radius 2 is 2.06 bits per heavy atom. The molecule has 0 aromatic heterocycles. The molecule has 3 rings (SSSR count). The van der Waals surface area contributed by atoms with Crippen LogP contribution < -0.4 is 0 Å². The Balaban J connectivity index is 1.75. The van der Waals surface area contributed by atoms with Crippen LogP contribution in [0.25, 0.3) is 0 Å². The van der Waals surface area contributed by atoms with Gasteiger partial charge < -0.3 is 0 Å². The molecule has 1 aromatic carbocycles. The maximum absolute atomic E-state index is 2.26. The van der Waals surface area contributed by atoms with E-state index in [-0.39, 0.29) is 0 Å². The summed E-state index contributed by atoms with van der Waals surface area (Å²) < 4.78 is 0. The van der Waals surface area contributed by atoms with Gasteiger partial charge in [-0.3, -0.25) is 0 Å². The fraction of sp³-hybridized carbons (Fsp3) is 0.571. The van der Waals surface area contributed by atoms with Gasteiger partial charge in [-0.25, -0.2) is 0 Å². The summed E-state index contributed by atoms with van der Waals surface area (Å²) in [6.45, 7) is 0. The lowest BCUT2D eigenvalue weighted by Gasteiger charge is -2.29. The van der Waals surface area contributed by atoms with Gasteiger partial charge in [0.05, 0.1) is 0 Å². The molecule has 2 aliphatic rings. The molecule has 0 N–H and O–H groups in total. The zero-order chi connectivity index (χ0) is 10.8. The average molecular weight is 250 g/mol. The Morgan fingerprint density at radius 1 is 1.19 bits per heavy atom. The van der Waals surface area contributed by atoms with Crippen LogP contribution >= 0.6 is 23.5 Å². The lowest BCUT2D eigenvalue weighted by atomic mass is 9.86. The lowest BCUT2D eigenvalue weighted by Crippen LogP contribution is -2.27. The molecule has 16 heavy (non-hydrogen) atoms. The SMILES string of the molecule is c1ccc(SC2CCCC23CCSC3)cc1. The predicted octanol–water partition coefficient (Wildman–Crippen LogP) is 4.45. The van der Waals surface area contributed by atoms with Crippen LogP contribution in [0, 0.1) is 5.41 Å². The lowest BCUT2D eigenvalue weighted by molar-refractivity contribution is 0.360. The molecular formula is C14H18S2. The molecule has 1 aliphatic carbocycles. The smallest absolute Gasteiger partial charge is 0.0159 e. The van der Waals surface area contributed by atoms with Gasteiger partial charge >= 0.3 is 0 Å². The van der Waals surface area contributed by atoms with Crippen LogP contribution in [0.4, 0.5) is 0 Å². The highest BCUT2D eigenvalue weighted by atomic mass is 32.2. The predicted molar refractivity (Wildman–Crippen MR) is 74.3 cm³/mol. The van der Waals surface area contributed by atoms with E-state index in [0.717, 1.165) is 5.25 Å². The molecule has 2 unspecified atom stereocenters. The van der Waals surface area contributed by atoms with Crippen molar-refractivity contribution in [1.82, 2.24) is 0 Å². The number of rotatable bonds is 2. The third-order valence-electron chi connectivity index (χ3n) is 3.98. The molecule has 0 amide bonds. The van der Waals surface area contributed by atoms with Gasteiger partial charge in [-0.2, -0.15) is 11.8 Å². The minimum Gasteiger partial charge on any atom is -0.161 e. The average Bonchev–Trinajstić information content (AvgIpc) is 2.93. The molecule has 1 saturated carbocycles. The minimum absolute atomic E-state index is 0.686. The fourth-order valence-corrected chi connectivity index (χ4v) is 6.22. The van der Waals surface area contributed by atoms with E-state index in [4.69, 9.17) is 0 Å². The second-order valence-electron chi connectivity index (χ2n) is 4.98. The monoisotopic (exact) mass is 250 g/mol. The summed E-state index contributed by atoms with van der Waals surface area (Å²) in [7, 11) is 0. The quantitative estimate of drug-likeness (QED) is 0.760. The first-order valence-corrected chi connectivity index (χ1v) is 8.22. The van der Waals surface area contributed by atoms with Gasteiger partial charge in [0.25, 0.3) is 0 Å². The zero-order valence-corrected chi connectivity index (χ0v) is 11.2. The Morgan fingerprint density at radius 3 is 2.81 bits per heavy atom. The highest BCUT2D eigenvalue weighted by molar-refractivity contribution is 8.00. The molecule has 1 saturated heterocycles. The molecule has 2 heteroatoms. The third-order valence-corrected chi connectivity index (χ3v) is 6.82. The van der Waals surface area contributed by atoms with Gasteiger partial charge in [-0.1, -0.05) is 24.6 Å². The summed E-state index contributed by atoms with van der Waals surface area (Å²) in [5.41, 5.74) is 0.686. The van der Waals surface area contributed by atoms with E-state index >= 15 is 0 Å². The van der Waals surface area contributed by atoms with E-state index < -0.39 is 0 Å². The summed E-state index contributed by atoms with van der Waals surface area (Å²) in [6.07, 6.45) is 5.82. The minimum atomic E-state index is 0.686. The fourth-order valence-electron chi connectivity index (χ4n) is 3.03. The second-order valence-corrected chi connectivity index (χ2v) is 7.36. The number of hydrogen-bond acceptors (Lipinski definition) is 2. The van der Waals surface area contributed by atoms with Crippen LogP contribution in [0.1, 0.15) is 25.7 Å². The Hall–Kier alpha value is -0.0800. The first-order chi connectivity index (χ1) is 7.89. The van der Waals surface area contributed by atoms with E-state index in [2.05, 4.69) is 53.9 Å². The molecule has 0 nitrogen and oxygen atoms in total. The number of benzene rings is 1. The molecule has 2 atom stereocenters. The van der Waals surface area contributed by atoms with Gasteiger partial charge in [0, 0.05) is 15.9 Å². The standard InChI is InChI=1S/C14H18S2/c1-2-5-12(6-3-1)16-13-7-4-8-14(13)9-10-15-11-14/h1-3,5-6,13H,4,7-11H2. The molecular weight excluding hydrogens is 232 g/mol. The molecule has 86 valence electrons. The number of hydrogen-bond donors (Lipinski definition) is 0. The van der Waals surface area contributed by atoms with E-state index in [0.29, 0.717) is 5.41 Å². The summed E-state index contributed by atoms with van der Waals surface area (Å²) in [6, 6.07) is 11.0. The van der Waals surface area contributed by atoms with Crippen molar-refractivity contribution in [3.05, 3.63) is 30.3 Å². The van der Waals surface area contributed by atoms with E-state index in [1.54, 1.807) is 0 Å². The van der Waals surface area contributed by atoms with Gasteiger partial charge in [0.1, 0.15) is 0 Å². The molecule has 0 bridgehead atoms. The van der Waals surface area contributed by atoms with E-state index in [1.807, 2.05) is 0 Å². The van der Waals surface area contributed by atoms with Crippen molar-refractivity contribution in [2.45, 2.75) is 35.8 Å². The van der Waals surface area contributed by atoms with Crippen molar-refractivity contribution in [1.29, 1.82) is 0 Å². The molecule has 1 heterocycles. The highest BCUT2D eigenvalue weighted by Gasteiger charge is 2.45. The zero-order valence-electron chi connectivity index (χ0n) is 9.52. The van der Waals surface area contributed by atoms with Gasteiger partial charge in [-0.15, -0.1) is 11.8 Å². The summed E-state index contributed by atoms with van der Waals surface area (Å²) in [5.74, 6) is 2.81. The van der Waals surface area contributed by atoms with Crippen LogP contribution in [-0.2, 0) is 0 Å². The van der Waals surface area contributed by atoms with Crippen LogP contribution in [0.5, 0.6) is 0 Å². The molecule has 2 fully saturated rings. The molecule has 1 spiro atoms. The second kappa shape index (κ2) is 4.66. The van der Waals surface area contributed by atoms with Crippen molar-refractivity contribution >= 4 is 23.5 Å². The van der Waals surface area contributed by atoms with Crippen molar-refractivity contribution in [3.8, 4) is 0 Å². The van der Waals surface area contributed by atoms with Crippen molar-refractivity contribution in [3.63, 3.8) is 0 Å². The van der Waals surface area contributed by atoms with Crippen LogP contribution in [0.3, 0.4) is 0 Å². The highest BCUT2D eigenvalue weighted by Crippen LogP contribution is 2.54. The van der Waals surface area contributed by atoms with Crippen molar-refractivity contribution in [2.75, 3.05) is 11.5 Å². The van der Waals surface area contributed by atoms with Crippen molar-refractivity contribution < 1.29 is 0 Å². The molecule has 0 radical (unpaired) electrons. The van der Waals surface area contributed by atoms with Gasteiger partial charge in [-0.05, 0) is 42.6 Å². The van der Waals surface area contributed by atoms with Gasteiger partial charge in [0.15, 0.2) is 0 Å². The summed E-state index contributed by atoms with van der Waals surface area (Å²) in [4.78, 5) is 1.46. The first kappa shape index (κ1) is 11.0.